The second-order valence-electron chi connectivity index (χ2n) is 4.87. The molecule has 2 heterocycles. The van der Waals surface area contributed by atoms with Crippen LogP contribution >= 0.6 is 11.8 Å². The van der Waals surface area contributed by atoms with Crippen molar-refractivity contribution in [1.82, 2.24) is 20.1 Å². The van der Waals surface area contributed by atoms with Crippen LogP contribution in [0.3, 0.4) is 0 Å². The van der Waals surface area contributed by atoms with Crippen molar-refractivity contribution in [2.45, 2.75) is 10.9 Å². The standard InChI is InChI=1S/C16H11FN4OS/c17-11-7-5-10(6-8-11)15-20-14(21-22-15)9-23-16-18-12-3-1-2-4-13(12)19-16/h1-8H,9H2,(H,18,19). The number of para-hydroxylation sites is 2. The van der Waals surface area contributed by atoms with Gasteiger partial charge in [0.1, 0.15) is 5.82 Å². The molecule has 1 N–H and O–H groups in total. The number of benzene rings is 2. The number of nitrogens with zero attached hydrogens (tertiary/aromatic N) is 3. The average molecular weight is 326 g/mol. The van der Waals surface area contributed by atoms with Gasteiger partial charge in [-0.2, -0.15) is 4.98 Å². The first kappa shape index (κ1) is 14.0. The van der Waals surface area contributed by atoms with Crippen LogP contribution < -0.4 is 0 Å². The first-order chi connectivity index (χ1) is 11.3. The molecule has 0 bridgehead atoms. The van der Waals surface area contributed by atoms with Crippen molar-refractivity contribution in [3.05, 3.63) is 60.2 Å². The lowest BCUT2D eigenvalue weighted by Crippen LogP contribution is -1.85. The summed E-state index contributed by atoms with van der Waals surface area (Å²) in [6.07, 6.45) is 0. The van der Waals surface area contributed by atoms with E-state index >= 15 is 0 Å². The number of aromatic amines is 1. The number of rotatable bonds is 4. The lowest BCUT2D eigenvalue weighted by molar-refractivity contribution is 0.425. The smallest absolute Gasteiger partial charge is 0.257 e. The third-order valence-corrected chi connectivity index (χ3v) is 4.13. The first-order valence-corrected chi connectivity index (χ1v) is 7.92. The Balaban J connectivity index is 1.48. The second-order valence-corrected chi connectivity index (χ2v) is 5.83. The summed E-state index contributed by atoms with van der Waals surface area (Å²) in [5, 5.41) is 4.75. The zero-order valence-corrected chi connectivity index (χ0v) is 12.7. The van der Waals surface area contributed by atoms with Gasteiger partial charge in [0.2, 0.25) is 0 Å². The van der Waals surface area contributed by atoms with E-state index in [1.807, 2.05) is 24.3 Å². The van der Waals surface area contributed by atoms with Crippen LogP contribution in [0.2, 0.25) is 0 Å². The number of hydrogen-bond donors (Lipinski definition) is 1. The molecule has 114 valence electrons. The molecule has 0 saturated carbocycles. The van der Waals surface area contributed by atoms with Crippen LogP contribution in [0.4, 0.5) is 4.39 Å². The van der Waals surface area contributed by atoms with E-state index in [0.717, 1.165) is 16.2 Å². The van der Waals surface area contributed by atoms with Crippen molar-refractivity contribution in [1.29, 1.82) is 0 Å². The largest absolute Gasteiger partial charge is 0.334 e. The molecular weight excluding hydrogens is 315 g/mol. The van der Waals surface area contributed by atoms with Crippen molar-refractivity contribution >= 4 is 22.8 Å². The molecule has 0 aliphatic heterocycles. The number of hydrogen-bond acceptors (Lipinski definition) is 5. The Kier molecular flexibility index (Phi) is 3.55. The quantitative estimate of drug-likeness (QED) is 0.573. The number of imidazole rings is 1. The van der Waals surface area contributed by atoms with Crippen molar-refractivity contribution in [3.8, 4) is 11.5 Å². The van der Waals surface area contributed by atoms with Gasteiger partial charge in [-0.25, -0.2) is 9.37 Å². The van der Waals surface area contributed by atoms with Gasteiger partial charge in [-0.3, -0.25) is 0 Å². The van der Waals surface area contributed by atoms with Crippen molar-refractivity contribution in [2.75, 3.05) is 0 Å². The lowest BCUT2D eigenvalue weighted by atomic mass is 10.2. The molecule has 0 saturated heterocycles. The molecule has 2 aromatic heterocycles. The molecule has 0 atom stereocenters. The van der Waals surface area contributed by atoms with E-state index in [0.29, 0.717) is 23.0 Å². The van der Waals surface area contributed by atoms with E-state index in [4.69, 9.17) is 4.52 Å². The molecule has 7 heteroatoms. The van der Waals surface area contributed by atoms with Crippen LogP contribution in [0.5, 0.6) is 0 Å². The van der Waals surface area contributed by atoms with Crippen molar-refractivity contribution in [3.63, 3.8) is 0 Å². The number of H-pyrrole nitrogens is 1. The lowest BCUT2D eigenvalue weighted by Gasteiger charge is -1.93. The van der Waals surface area contributed by atoms with Crippen molar-refractivity contribution < 1.29 is 8.91 Å². The Morgan fingerprint density at radius 3 is 2.70 bits per heavy atom. The molecule has 0 radical (unpaired) electrons. The van der Waals surface area contributed by atoms with Gasteiger partial charge in [0.15, 0.2) is 11.0 Å². The summed E-state index contributed by atoms with van der Waals surface area (Å²) in [7, 11) is 0. The number of thioether (sulfide) groups is 1. The third-order valence-electron chi connectivity index (χ3n) is 3.26. The van der Waals surface area contributed by atoms with Crippen molar-refractivity contribution in [2.24, 2.45) is 0 Å². The summed E-state index contributed by atoms with van der Waals surface area (Å²) >= 11 is 1.50. The highest BCUT2D eigenvalue weighted by molar-refractivity contribution is 7.98. The second kappa shape index (κ2) is 5.85. The van der Waals surface area contributed by atoms with Crippen LogP contribution in [-0.2, 0) is 5.75 Å². The minimum Gasteiger partial charge on any atom is -0.334 e. The van der Waals surface area contributed by atoms with Gasteiger partial charge in [0, 0.05) is 5.56 Å². The van der Waals surface area contributed by atoms with E-state index < -0.39 is 0 Å². The summed E-state index contributed by atoms with van der Waals surface area (Å²) < 4.78 is 18.1. The van der Waals surface area contributed by atoms with Crippen LogP contribution in [0.25, 0.3) is 22.5 Å². The number of aromatic nitrogens is 4. The zero-order chi connectivity index (χ0) is 15.6. The molecular formula is C16H11FN4OS. The number of halogens is 1. The first-order valence-electron chi connectivity index (χ1n) is 6.94. The number of nitrogens with one attached hydrogen (secondary N) is 1. The summed E-state index contributed by atoms with van der Waals surface area (Å²) in [5.41, 5.74) is 2.61. The molecule has 23 heavy (non-hydrogen) atoms. The fraction of sp³-hybridized carbons (Fsp3) is 0.0625. The Bertz CT molecular complexity index is 915. The highest BCUT2D eigenvalue weighted by atomic mass is 32.2. The van der Waals surface area contributed by atoms with Gasteiger partial charge >= 0.3 is 0 Å². The summed E-state index contributed by atoms with van der Waals surface area (Å²) in [4.78, 5) is 12.0. The number of fused-ring (bicyclic) bond motifs is 1. The SMILES string of the molecule is Fc1ccc(-c2nc(CSc3nc4ccccc4[nH]3)no2)cc1. The summed E-state index contributed by atoms with van der Waals surface area (Å²) in [6.45, 7) is 0. The van der Waals surface area contributed by atoms with Gasteiger partial charge < -0.3 is 9.51 Å². The Labute approximate surface area is 134 Å². The van der Waals surface area contributed by atoms with Crippen LogP contribution in [0.1, 0.15) is 5.82 Å². The van der Waals surface area contributed by atoms with Gasteiger partial charge in [0.25, 0.3) is 5.89 Å². The molecule has 0 spiro atoms. The minimum atomic E-state index is -0.297. The molecule has 0 aliphatic rings. The summed E-state index contributed by atoms with van der Waals surface area (Å²) in [5.74, 6) is 1.18. The molecule has 0 amide bonds. The minimum absolute atomic E-state index is 0.297. The molecule has 0 unspecified atom stereocenters. The molecule has 2 aromatic carbocycles. The predicted octanol–water partition coefficient (Wildman–Crippen LogP) is 4.04. The van der Waals surface area contributed by atoms with Crippen LogP contribution in [0.15, 0.2) is 58.2 Å². The zero-order valence-electron chi connectivity index (χ0n) is 11.9. The Morgan fingerprint density at radius 2 is 1.87 bits per heavy atom. The Hall–Kier alpha value is -2.67. The molecule has 4 aromatic rings. The maximum atomic E-state index is 12.9. The van der Waals surface area contributed by atoms with Gasteiger partial charge in [0.05, 0.1) is 16.8 Å². The van der Waals surface area contributed by atoms with E-state index in [1.165, 1.54) is 23.9 Å². The molecule has 0 aliphatic carbocycles. The fourth-order valence-electron chi connectivity index (χ4n) is 2.15. The monoisotopic (exact) mass is 326 g/mol. The van der Waals surface area contributed by atoms with Gasteiger partial charge in [-0.1, -0.05) is 29.1 Å². The normalized spacial score (nSPS) is 11.2. The highest BCUT2D eigenvalue weighted by Crippen LogP contribution is 2.23. The third kappa shape index (κ3) is 2.95. The van der Waals surface area contributed by atoms with E-state index in [9.17, 15) is 4.39 Å². The van der Waals surface area contributed by atoms with E-state index in [1.54, 1.807) is 12.1 Å². The summed E-state index contributed by atoms with van der Waals surface area (Å²) in [6, 6.07) is 13.8. The highest BCUT2D eigenvalue weighted by Gasteiger charge is 2.10. The molecule has 0 fully saturated rings. The Morgan fingerprint density at radius 1 is 1.04 bits per heavy atom. The van der Waals surface area contributed by atoms with Gasteiger partial charge in [-0.15, -0.1) is 0 Å². The van der Waals surface area contributed by atoms with E-state index in [2.05, 4.69) is 20.1 Å². The fourth-order valence-corrected chi connectivity index (χ4v) is 2.88. The molecule has 4 rings (SSSR count). The predicted molar refractivity (Wildman–Crippen MR) is 85.3 cm³/mol. The maximum absolute atomic E-state index is 12.9. The average Bonchev–Trinajstić information content (AvgIpc) is 3.20. The topological polar surface area (TPSA) is 67.6 Å². The molecule has 5 nitrogen and oxygen atoms in total. The maximum Gasteiger partial charge on any atom is 0.257 e. The van der Waals surface area contributed by atoms with E-state index in [-0.39, 0.29) is 5.82 Å². The van der Waals surface area contributed by atoms with Gasteiger partial charge in [-0.05, 0) is 36.4 Å². The van der Waals surface area contributed by atoms with Crippen LogP contribution in [-0.4, -0.2) is 20.1 Å². The van der Waals surface area contributed by atoms with Crippen LogP contribution in [0, 0.1) is 5.82 Å².